The van der Waals surface area contributed by atoms with Crippen LogP contribution in [0.4, 0.5) is 0 Å². The van der Waals surface area contributed by atoms with Gasteiger partial charge in [0, 0.05) is 0 Å². The molecule has 0 aliphatic carbocycles. The van der Waals surface area contributed by atoms with Crippen molar-refractivity contribution in [2.45, 2.75) is 57.1 Å². The second-order valence-electron chi connectivity index (χ2n) is 9.85. The van der Waals surface area contributed by atoms with Gasteiger partial charge in [0.05, 0.1) is 33.0 Å². The molecular weight excluding hydrogens is 504 g/mol. The van der Waals surface area contributed by atoms with Gasteiger partial charge >= 0.3 is 0 Å². The topological polar surface area (TPSA) is 66.4 Å². The first-order chi connectivity index (χ1) is 19.8. The first kappa shape index (κ1) is 28.2. The highest BCUT2D eigenvalue weighted by atomic mass is 16.7. The Morgan fingerprint density at radius 1 is 0.475 bits per heavy atom. The summed E-state index contributed by atoms with van der Waals surface area (Å²) >= 11 is 0. The Kier molecular flexibility index (Phi) is 10.5. The monoisotopic (exact) mass is 540 g/mol. The van der Waals surface area contributed by atoms with Gasteiger partial charge in [-0.3, -0.25) is 0 Å². The van der Waals surface area contributed by atoms with Crippen molar-refractivity contribution in [1.82, 2.24) is 0 Å². The number of aliphatic hydroxyl groups excluding tert-OH is 1. The quantitative estimate of drug-likeness (QED) is 0.236. The molecule has 6 nitrogen and oxygen atoms in total. The molecule has 0 saturated carbocycles. The zero-order valence-electron chi connectivity index (χ0n) is 22.5. The lowest BCUT2D eigenvalue weighted by Crippen LogP contribution is -2.61. The van der Waals surface area contributed by atoms with E-state index in [0.717, 1.165) is 22.3 Å². The Balaban J connectivity index is 1.36. The SMILES string of the molecule is OC1OC(COCc2ccccc2)[C@@H](OCc2ccccc2)[C@@H](OCc2ccccc2)C1OCc1ccccc1. The van der Waals surface area contributed by atoms with Crippen LogP contribution in [0.2, 0.25) is 0 Å². The lowest BCUT2D eigenvalue weighted by molar-refractivity contribution is -0.317. The maximum absolute atomic E-state index is 11.2. The van der Waals surface area contributed by atoms with E-state index in [4.69, 9.17) is 23.7 Å². The summed E-state index contributed by atoms with van der Waals surface area (Å²) in [6.45, 7) is 1.65. The molecule has 5 atom stereocenters. The number of benzene rings is 4. The number of aliphatic hydroxyl groups is 1. The van der Waals surface area contributed by atoms with Crippen LogP contribution in [-0.4, -0.2) is 42.4 Å². The van der Waals surface area contributed by atoms with Gasteiger partial charge in [0.2, 0.25) is 0 Å². The molecule has 1 N–H and O–H groups in total. The molecule has 0 amide bonds. The minimum absolute atomic E-state index is 0.224. The van der Waals surface area contributed by atoms with Gasteiger partial charge in [-0.25, -0.2) is 0 Å². The molecule has 0 spiro atoms. The first-order valence-electron chi connectivity index (χ1n) is 13.7. The maximum atomic E-state index is 11.2. The zero-order valence-corrected chi connectivity index (χ0v) is 22.5. The van der Waals surface area contributed by atoms with E-state index in [1.165, 1.54) is 0 Å². The van der Waals surface area contributed by atoms with Gasteiger partial charge in [0.1, 0.15) is 24.4 Å². The lowest BCUT2D eigenvalue weighted by Gasteiger charge is -2.44. The smallest absolute Gasteiger partial charge is 0.184 e. The standard InChI is InChI=1S/C34H36O6/c35-34-33(39-24-29-19-11-4-12-20-29)32(38-23-28-17-9-3-10-18-28)31(37-22-27-15-7-2-8-16-27)30(40-34)25-36-21-26-13-5-1-6-14-26/h1-20,30-35H,21-25H2/t30?,31-,32-,33?,34?/m1/s1. The van der Waals surface area contributed by atoms with E-state index >= 15 is 0 Å². The average molecular weight is 541 g/mol. The molecule has 0 radical (unpaired) electrons. The molecule has 1 saturated heterocycles. The average Bonchev–Trinajstić information content (AvgIpc) is 3.01. The van der Waals surface area contributed by atoms with Crippen LogP contribution < -0.4 is 0 Å². The van der Waals surface area contributed by atoms with Crippen molar-refractivity contribution in [3.63, 3.8) is 0 Å². The fourth-order valence-corrected chi connectivity index (χ4v) is 4.77. The highest BCUT2D eigenvalue weighted by molar-refractivity contribution is 5.16. The highest BCUT2D eigenvalue weighted by Crippen LogP contribution is 2.30. The molecule has 0 aromatic heterocycles. The zero-order chi connectivity index (χ0) is 27.4. The predicted molar refractivity (Wildman–Crippen MR) is 152 cm³/mol. The second kappa shape index (κ2) is 14.9. The van der Waals surface area contributed by atoms with E-state index in [1.807, 2.05) is 121 Å². The van der Waals surface area contributed by atoms with Crippen LogP contribution in [-0.2, 0) is 50.1 Å². The third-order valence-electron chi connectivity index (χ3n) is 6.86. The number of hydrogen-bond acceptors (Lipinski definition) is 6. The van der Waals surface area contributed by atoms with E-state index in [1.54, 1.807) is 0 Å². The Hall–Kier alpha value is -3.36. The summed E-state index contributed by atoms with van der Waals surface area (Å²) in [5, 5.41) is 11.2. The van der Waals surface area contributed by atoms with Crippen LogP contribution in [0.15, 0.2) is 121 Å². The summed E-state index contributed by atoms with van der Waals surface area (Å²) in [7, 11) is 0. The normalized spacial score (nSPS) is 22.7. The van der Waals surface area contributed by atoms with Crippen LogP contribution >= 0.6 is 0 Å². The second-order valence-corrected chi connectivity index (χ2v) is 9.85. The van der Waals surface area contributed by atoms with E-state index in [0.29, 0.717) is 26.4 Å². The van der Waals surface area contributed by atoms with Gasteiger partial charge in [-0.1, -0.05) is 121 Å². The first-order valence-corrected chi connectivity index (χ1v) is 13.7. The molecular formula is C34H36O6. The summed E-state index contributed by atoms with van der Waals surface area (Å²) in [6.07, 6.45) is -3.72. The van der Waals surface area contributed by atoms with Crippen LogP contribution in [0.3, 0.4) is 0 Å². The van der Waals surface area contributed by atoms with Gasteiger partial charge in [-0.2, -0.15) is 0 Å². The van der Waals surface area contributed by atoms with Gasteiger partial charge in [-0.15, -0.1) is 0 Å². The summed E-state index contributed by atoms with van der Waals surface area (Å²) in [6, 6.07) is 39.7. The fourth-order valence-electron chi connectivity index (χ4n) is 4.77. The molecule has 4 aromatic rings. The molecule has 3 unspecified atom stereocenters. The van der Waals surface area contributed by atoms with E-state index < -0.39 is 30.7 Å². The number of rotatable bonds is 13. The van der Waals surface area contributed by atoms with E-state index in [2.05, 4.69) is 0 Å². The molecule has 0 bridgehead atoms. The maximum Gasteiger partial charge on any atom is 0.184 e. The summed E-state index contributed by atoms with van der Waals surface area (Å²) in [5.41, 5.74) is 4.10. The number of ether oxygens (including phenoxy) is 5. The molecule has 4 aromatic carbocycles. The van der Waals surface area contributed by atoms with Crippen molar-refractivity contribution >= 4 is 0 Å². The molecule has 40 heavy (non-hydrogen) atoms. The fraction of sp³-hybridized carbons (Fsp3) is 0.294. The van der Waals surface area contributed by atoms with Crippen molar-refractivity contribution in [1.29, 1.82) is 0 Å². The molecule has 1 heterocycles. The largest absolute Gasteiger partial charge is 0.374 e. The van der Waals surface area contributed by atoms with Gasteiger partial charge in [-0.05, 0) is 22.3 Å². The van der Waals surface area contributed by atoms with Crippen molar-refractivity contribution in [3.8, 4) is 0 Å². The molecule has 1 aliphatic heterocycles. The summed E-state index contributed by atoms with van der Waals surface area (Å²) < 4.78 is 31.4. The Bertz CT molecular complexity index is 1240. The Morgan fingerprint density at radius 3 is 1.30 bits per heavy atom. The van der Waals surface area contributed by atoms with Gasteiger partial charge < -0.3 is 28.8 Å². The summed E-state index contributed by atoms with van der Waals surface area (Å²) in [5.74, 6) is 0. The van der Waals surface area contributed by atoms with Crippen molar-refractivity contribution in [3.05, 3.63) is 144 Å². The third-order valence-corrected chi connectivity index (χ3v) is 6.86. The molecule has 1 fully saturated rings. The summed E-state index contributed by atoms with van der Waals surface area (Å²) in [4.78, 5) is 0. The molecule has 5 rings (SSSR count). The Labute approximate surface area is 236 Å². The predicted octanol–water partition coefficient (Wildman–Crippen LogP) is 5.68. The molecule has 208 valence electrons. The minimum Gasteiger partial charge on any atom is -0.374 e. The van der Waals surface area contributed by atoms with Crippen LogP contribution in [0.1, 0.15) is 22.3 Å². The molecule has 1 aliphatic rings. The van der Waals surface area contributed by atoms with Crippen LogP contribution in [0.25, 0.3) is 0 Å². The highest BCUT2D eigenvalue weighted by Gasteiger charge is 2.48. The number of hydrogen-bond donors (Lipinski definition) is 1. The van der Waals surface area contributed by atoms with Crippen LogP contribution in [0, 0.1) is 0 Å². The van der Waals surface area contributed by atoms with Crippen molar-refractivity contribution in [2.75, 3.05) is 6.61 Å². The van der Waals surface area contributed by atoms with Crippen LogP contribution in [0.5, 0.6) is 0 Å². The minimum atomic E-state index is -1.22. The van der Waals surface area contributed by atoms with Crippen molar-refractivity contribution in [2.24, 2.45) is 0 Å². The Morgan fingerprint density at radius 2 is 0.850 bits per heavy atom. The molecule has 6 heteroatoms. The lowest BCUT2D eigenvalue weighted by atomic mass is 9.98. The third kappa shape index (κ3) is 8.08. The van der Waals surface area contributed by atoms with Gasteiger partial charge in [0.25, 0.3) is 0 Å². The van der Waals surface area contributed by atoms with E-state index in [9.17, 15) is 5.11 Å². The van der Waals surface area contributed by atoms with Gasteiger partial charge in [0.15, 0.2) is 6.29 Å². The van der Waals surface area contributed by atoms with Crippen molar-refractivity contribution < 1.29 is 28.8 Å². The van der Waals surface area contributed by atoms with E-state index in [-0.39, 0.29) is 6.61 Å².